The Kier molecular flexibility index (Phi) is 8.34. The maximum atomic E-state index is 11.9. The normalized spacial score (nSPS) is 17.9. The standard InChI is InChI=1S/C17H27N3O3S.ClH/c1-13(2)14-4-6-15(7-5-14)16(18)12-19-17(21)8-10-20-9-3-11-24(20,22)23;/h4-7,13,16H,3,8-12,18H2,1-2H3,(H,19,21);1H. The Labute approximate surface area is 156 Å². The predicted molar refractivity (Wildman–Crippen MR) is 102 cm³/mol. The van der Waals surface area contributed by atoms with Gasteiger partial charge in [-0.05, 0) is 23.5 Å². The van der Waals surface area contributed by atoms with Crippen LogP contribution in [0.5, 0.6) is 0 Å². The molecular weight excluding hydrogens is 362 g/mol. The second-order valence-corrected chi connectivity index (χ2v) is 8.64. The van der Waals surface area contributed by atoms with Crippen molar-refractivity contribution in [3.8, 4) is 0 Å². The molecule has 0 radical (unpaired) electrons. The quantitative estimate of drug-likeness (QED) is 0.743. The van der Waals surface area contributed by atoms with Crippen molar-refractivity contribution < 1.29 is 13.2 Å². The van der Waals surface area contributed by atoms with E-state index in [-0.39, 0.29) is 43.1 Å². The van der Waals surface area contributed by atoms with E-state index < -0.39 is 10.0 Å². The van der Waals surface area contributed by atoms with E-state index >= 15 is 0 Å². The lowest BCUT2D eigenvalue weighted by Crippen LogP contribution is -2.35. The van der Waals surface area contributed by atoms with Crippen LogP contribution in [-0.4, -0.2) is 44.0 Å². The molecule has 25 heavy (non-hydrogen) atoms. The molecule has 6 nitrogen and oxygen atoms in total. The fraction of sp³-hybridized carbons (Fsp3) is 0.588. The van der Waals surface area contributed by atoms with Crippen LogP contribution in [0.2, 0.25) is 0 Å². The lowest BCUT2D eigenvalue weighted by molar-refractivity contribution is -0.121. The highest BCUT2D eigenvalue weighted by Crippen LogP contribution is 2.17. The summed E-state index contributed by atoms with van der Waals surface area (Å²) in [5.41, 5.74) is 8.34. The molecular formula is C17H28ClN3O3S. The molecule has 1 aromatic carbocycles. The number of carbonyl (C=O) groups excluding carboxylic acids is 1. The van der Waals surface area contributed by atoms with Gasteiger partial charge in [-0.3, -0.25) is 4.79 Å². The molecule has 0 saturated carbocycles. The number of sulfonamides is 1. The largest absolute Gasteiger partial charge is 0.354 e. The van der Waals surface area contributed by atoms with E-state index in [0.29, 0.717) is 25.4 Å². The molecule has 0 aliphatic carbocycles. The number of hydrogen-bond donors (Lipinski definition) is 2. The number of carbonyl (C=O) groups is 1. The zero-order chi connectivity index (χ0) is 17.7. The van der Waals surface area contributed by atoms with Gasteiger partial charge in [0.05, 0.1) is 5.75 Å². The van der Waals surface area contributed by atoms with Crippen LogP contribution < -0.4 is 11.1 Å². The molecule has 0 bridgehead atoms. The highest BCUT2D eigenvalue weighted by Gasteiger charge is 2.28. The number of nitrogens with two attached hydrogens (primary N) is 1. The van der Waals surface area contributed by atoms with E-state index in [1.54, 1.807) is 0 Å². The van der Waals surface area contributed by atoms with Crippen molar-refractivity contribution in [1.82, 2.24) is 9.62 Å². The first-order valence-corrected chi connectivity index (χ1v) is 10.0. The van der Waals surface area contributed by atoms with Crippen LogP contribution in [0.4, 0.5) is 0 Å². The monoisotopic (exact) mass is 389 g/mol. The van der Waals surface area contributed by atoms with Crippen molar-refractivity contribution in [1.29, 1.82) is 0 Å². The first kappa shape index (κ1) is 21.9. The summed E-state index contributed by atoms with van der Waals surface area (Å²) in [6, 6.07) is 7.82. The second kappa shape index (κ2) is 9.52. The van der Waals surface area contributed by atoms with Crippen LogP contribution in [0.25, 0.3) is 0 Å². The van der Waals surface area contributed by atoms with Crippen molar-refractivity contribution in [2.45, 2.75) is 38.6 Å². The van der Waals surface area contributed by atoms with Gasteiger partial charge < -0.3 is 11.1 Å². The molecule has 142 valence electrons. The zero-order valence-electron chi connectivity index (χ0n) is 14.8. The third-order valence-corrected chi connectivity index (χ3v) is 6.30. The van der Waals surface area contributed by atoms with E-state index in [4.69, 9.17) is 5.73 Å². The minimum Gasteiger partial charge on any atom is -0.354 e. The molecule has 1 aromatic rings. The van der Waals surface area contributed by atoms with Gasteiger partial charge in [-0.15, -0.1) is 12.4 Å². The van der Waals surface area contributed by atoms with E-state index in [9.17, 15) is 13.2 Å². The van der Waals surface area contributed by atoms with Gasteiger partial charge in [0.15, 0.2) is 0 Å². The SMILES string of the molecule is CC(C)c1ccc(C(N)CNC(=O)CCN2CCCS2(=O)=O)cc1.Cl. The summed E-state index contributed by atoms with van der Waals surface area (Å²) in [4.78, 5) is 11.9. The molecule has 1 heterocycles. The molecule has 2 rings (SSSR count). The molecule has 0 spiro atoms. The zero-order valence-corrected chi connectivity index (χ0v) is 16.4. The Morgan fingerprint density at radius 1 is 1.24 bits per heavy atom. The average molecular weight is 390 g/mol. The van der Waals surface area contributed by atoms with E-state index in [1.807, 2.05) is 12.1 Å². The first-order chi connectivity index (χ1) is 11.3. The number of benzene rings is 1. The third kappa shape index (κ3) is 6.26. The number of nitrogens with zero attached hydrogens (tertiary/aromatic N) is 1. The van der Waals surface area contributed by atoms with Crippen molar-refractivity contribution in [2.24, 2.45) is 5.73 Å². The minimum atomic E-state index is -3.14. The molecule has 0 aromatic heterocycles. The van der Waals surface area contributed by atoms with Gasteiger partial charge in [-0.25, -0.2) is 12.7 Å². The Hall–Kier alpha value is -1.15. The lowest BCUT2D eigenvalue weighted by Gasteiger charge is -2.16. The maximum Gasteiger partial charge on any atom is 0.221 e. The lowest BCUT2D eigenvalue weighted by atomic mass is 9.99. The van der Waals surface area contributed by atoms with Crippen molar-refractivity contribution in [3.05, 3.63) is 35.4 Å². The Bertz CT molecular complexity index is 662. The third-order valence-electron chi connectivity index (χ3n) is 4.34. The number of rotatable bonds is 7. The Morgan fingerprint density at radius 2 is 1.84 bits per heavy atom. The van der Waals surface area contributed by atoms with Crippen LogP contribution in [0, 0.1) is 0 Å². The Morgan fingerprint density at radius 3 is 2.36 bits per heavy atom. The highest BCUT2D eigenvalue weighted by atomic mass is 35.5. The summed E-state index contributed by atoms with van der Waals surface area (Å²) in [5.74, 6) is 0.481. The minimum absolute atomic E-state index is 0. The van der Waals surface area contributed by atoms with Crippen LogP contribution in [0.1, 0.15) is 49.8 Å². The van der Waals surface area contributed by atoms with Gasteiger partial charge in [0.25, 0.3) is 0 Å². The van der Waals surface area contributed by atoms with Gasteiger partial charge in [0.1, 0.15) is 0 Å². The second-order valence-electron chi connectivity index (χ2n) is 6.55. The topological polar surface area (TPSA) is 92.5 Å². The highest BCUT2D eigenvalue weighted by molar-refractivity contribution is 7.89. The van der Waals surface area contributed by atoms with Gasteiger partial charge in [-0.1, -0.05) is 38.1 Å². The van der Waals surface area contributed by atoms with Crippen molar-refractivity contribution in [3.63, 3.8) is 0 Å². The first-order valence-electron chi connectivity index (χ1n) is 8.39. The van der Waals surface area contributed by atoms with Gasteiger partial charge in [0, 0.05) is 32.1 Å². The number of hydrogen-bond acceptors (Lipinski definition) is 4. The maximum absolute atomic E-state index is 11.9. The molecule has 1 unspecified atom stereocenters. The summed E-state index contributed by atoms with van der Waals surface area (Å²) in [7, 11) is -3.14. The number of amides is 1. The molecule has 1 amide bonds. The predicted octanol–water partition coefficient (Wildman–Crippen LogP) is 1.77. The summed E-state index contributed by atoms with van der Waals surface area (Å²) >= 11 is 0. The van der Waals surface area contributed by atoms with Crippen LogP contribution >= 0.6 is 12.4 Å². The van der Waals surface area contributed by atoms with Crippen molar-refractivity contribution >= 4 is 28.3 Å². The smallest absolute Gasteiger partial charge is 0.221 e. The average Bonchev–Trinajstić information content (AvgIpc) is 2.89. The summed E-state index contributed by atoms with van der Waals surface area (Å²) in [6.45, 7) is 5.36. The summed E-state index contributed by atoms with van der Waals surface area (Å²) < 4.78 is 24.7. The fourth-order valence-electron chi connectivity index (χ4n) is 2.73. The van der Waals surface area contributed by atoms with Gasteiger partial charge in [0.2, 0.25) is 15.9 Å². The van der Waals surface area contributed by atoms with Gasteiger partial charge in [-0.2, -0.15) is 0 Å². The number of halogens is 1. The molecule has 3 N–H and O–H groups in total. The van der Waals surface area contributed by atoms with Gasteiger partial charge >= 0.3 is 0 Å². The summed E-state index contributed by atoms with van der Waals surface area (Å²) in [5, 5.41) is 2.78. The number of nitrogens with one attached hydrogen (secondary N) is 1. The molecule has 1 fully saturated rings. The summed E-state index contributed by atoms with van der Waals surface area (Å²) in [6.07, 6.45) is 0.805. The molecule has 8 heteroatoms. The molecule has 1 aliphatic heterocycles. The van der Waals surface area contributed by atoms with E-state index in [1.165, 1.54) is 9.87 Å². The molecule has 1 atom stereocenters. The van der Waals surface area contributed by atoms with Crippen LogP contribution in [-0.2, 0) is 14.8 Å². The van der Waals surface area contributed by atoms with Crippen LogP contribution in [0.15, 0.2) is 24.3 Å². The Balaban J connectivity index is 0.00000312. The molecule has 1 saturated heterocycles. The fourth-order valence-corrected chi connectivity index (χ4v) is 4.26. The van der Waals surface area contributed by atoms with E-state index in [2.05, 4.69) is 31.3 Å². The van der Waals surface area contributed by atoms with Crippen LogP contribution in [0.3, 0.4) is 0 Å². The van der Waals surface area contributed by atoms with E-state index in [0.717, 1.165) is 5.56 Å². The molecule has 1 aliphatic rings. The van der Waals surface area contributed by atoms with Crippen molar-refractivity contribution in [2.75, 3.05) is 25.4 Å².